The van der Waals surface area contributed by atoms with E-state index in [1.165, 1.54) is 58.8 Å². The predicted octanol–water partition coefficient (Wildman–Crippen LogP) is 8.99. The van der Waals surface area contributed by atoms with Crippen molar-refractivity contribution in [3.8, 4) is 22.4 Å². The van der Waals surface area contributed by atoms with E-state index >= 15 is 0 Å². The minimum atomic E-state index is 0.998. The Labute approximate surface area is 217 Å². The highest BCUT2D eigenvalue weighted by Crippen LogP contribution is 2.37. The normalized spacial score (nSPS) is 12.1. The van der Waals surface area contributed by atoms with Crippen molar-refractivity contribution in [3.63, 3.8) is 0 Å². The van der Waals surface area contributed by atoms with Gasteiger partial charge in [-0.2, -0.15) is 5.10 Å². The van der Waals surface area contributed by atoms with Gasteiger partial charge in [0.25, 0.3) is 0 Å². The standard InChI is InChI=1S/C33H23N3S/c1-20-17-32-33(37-20)26-9-4-3-7-24(26)31-19-28(34-36(31)32)22-13-11-21(12-14-22)23-15-16-30-27(18-23)25-8-5-6-10-29(25)35(30)2/h3-19H,1-2H3. The van der Waals surface area contributed by atoms with Crippen LogP contribution in [0.3, 0.4) is 0 Å². The highest BCUT2D eigenvalue weighted by atomic mass is 32.1. The van der Waals surface area contributed by atoms with Gasteiger partial charge in [-0.3, -0.25) is 0 Å². The van der Waals surface area contributed by atoms with Gasteiger partial charge in [0.1, 0.15) is 0 Å². The Morgan fingerprint density at radius 2 is 1.22 bits per heavy atom. The summed E-state index contributed by atoms with van der Waals surface area (Å²) in [6, 6.07) is 37.4. The predicted molar refractivity (Wildman–Crippen MR) is 158 cm³/mol. The van der Waals surface area contributed by atoms with Crippen LogP contribution in [0.25, 0.3) is 70.7 Å². The molecule has 176 valence electrons. The second-order valence-corrected chi connectivity index (χ2v) is 11.1. The van der Waals surface area contributed by atoms with Crippen LogP contribution in [0.1, 0.15) is 4.88 Å². The third-order valence-corrected chi connectivity index (χ3v) is 8.72. The lowest BCUT2D eigenvalue weighted by Gasteiger charge is -2.05. The van der Waals surface area contributed by atoms with Crippen molar-refractivity contribution in [3.05, 3.63) is 108 Å². The first-order valence-corrected chi connectivity index (χ1v) is 13.4. The zero-order chi connectivity index (χ0) is 24.7. The summed E-state index contributed by atoms with van der Waals surface area (Å²) in [5.41, 5.74) is 9.42. The van der Waals surface area contributed by atoms with E-state index < -0.39 is 0 Å². The van der Waals surface area contributed by atoms with Crippen LogP contribution in [0, 0.1) is 6.92 Å². The van der Waals surface area contributed by atoms with Crippen LogP contribution in [0.2, 0.25) is 0 Å². The van der Waals surface area contributed by atoms with Gasteiger partial charge in [-0.05, 0) is 48.4 Å². The first-order chi connectivity index (χ1) is 18.2. The molecule has 0 N–H and O–H groups in total. The van der Waals surface area contributed by atoms with E-state index in [0.29, 0.717) is 0 Å². The molecule has 0 radical (unpaired) electrons. The largest absolute Gasteiger partial charge is 0.344 e. The number of hydrogen-bond acceptors (Lipinski definition) is 2. The van der Waals surface area contributed by atoms with Crippen LogP contribution in [0.4, 0.5) is 0 Å². The van der Waals surface area contributed by atoms with Crippen LogP contribution in [0.5, 0.6) is 0 Å². The smallest absolute Gasteiger partial charge is 0.0934 e. The van der Waals surface area contributed by atoms with Gasteiger partial charge in [0, 0.05) is 50.1 Å². The van der Waals surface area contributed by atoms with Crippen molar-refractivity contribution in [1.82, 2.24) is 14.2 Å². The van der Waals surface area contributed by atoms with Gasteiger partial charge < -0.3 is 4.57 Å². The van der Waals surface area contributed by atoms with Gasteiger partial charge in [-0.15, -0.1) is 11.3 Å². The molecule has 0 aliphatic heterocycles. The summed E-state index contributed by atoms with van der Waals surface area (Å²) in [6.45, 7) is 2.17. The van der Waals surface area contributed by atoms with Gasteiger partial charge in [-0.1, -0.05) is 72.8 Å². The lowest BCUT2D eigenvalue weighted by molar-refractivity contribution is 1.01. The number of para-hydroxylation sites is 1. The summed E-state index contributed by atoms with van der Waals surface area (Å²) < 4.78 is 5.70. The Morgan fingerprint density at radius 1 is 0.568 bits per heavy atom. The van der Waals surface area contributed by atoms with Crippen molar-refractivity contribution >= 4 is 59.6 Å². The molecule has 8 rings (SSSR count). The zero-order valence-corrected chi connectivity index (χ0v) is 21.4. The summed E-state index contributed by atoms with van der Waals surface area (Å²) in [4.78, 5) is 1.30. The summed E-state index contributed by atoms with van der Waals surface area (Å²) >= 11 is 1.84. The van der Waals surface area contributed by atoms with Crippen molar-refractivity contribution in [2.45, 2.75) is 6.92 Å². The molecule has 0 aliphatic rings. The molecule has 4 aromatic heterocycles. The molecular formula is C33H23N3S. The van der Waals surface area contributed by atoms with Crippen LogP contribution in [0.15, 0.2) is 103 Å². The highest BCUT2D eigenvalue weighted by Gasteiger charge is 2.15. The molecule has 37 heavy (non-hydrogen) atoms. The maximum atomic E-state index is 5.08. The molecule has 4 heterocycles. The highest BCUT2D eigenvalue weighted by molar-refractivity contribution is 7.20. The average molecular weight is 494 g/mol. The number of aryl methyl sites for hydroxylation is 2. The average Bonchev–Trinajstić information content (AvgIpc) is 3.63. The maximum Gasteiger partial charge on any atom is 0.0934 e. The fourth-order valence-corrected chi connectivity index (χ4v) is 6.86. The summed E-state index contributed by atoms with van der Waals surface area (Å²) in [7, 11) is 2.14. The Balaban J connectivity index is 1.25. The van der Waals surface area contributed by atoms with Gasteiger partial charge in [0.2, 0.25) is 0 Å². The summed E-state index contributed by atoms with van der Waals surface area (Å²) in [5, 5.41) is 10.2. The quantitative estimate of drug-likeness (QED) is 0.235. The Morgan fingerprint density at radius 3 is 2.03 bits per heavy atom. The number of hydrogen-bond donors (Lipinski definition) is 0. The molecular weight excluding hydrogens is 470 g/mol. The molecule has 3 nitrogen and oxygen atoms in total. The second-order valence-electron chi connectivity index (χ2n) is 9.83. The van der Waals surface area contributed by atoms with Gasteiger partial charge in [-0.25, -0.2) is 4.52 Å². The topological polar surface area (TPSA) is 22.2 Å². The lowest BCUT2D eigenvalue weighted by atomic mass is 10.0. The number of fused-ring (bicyclic) bond motifs is 9. The molecule has 0 unspecified atom stereocenters. The Bertz CT molecular complexity index is 2160. The molecule has 0 saturated heterocycles. The van der Waals surface area contributed by atoms with Crippen molar-refractivity contribution < 1.29 is 0 Å². The molecule has 0 saturated carbocycles. The van der Waals surface area contributed by atoms with Crippen molar-refractivity contribution in [1.29, 1.82) is 0 Å². The number of aromatic nitrogens is 3. The molecule has 0 aliphatic carbocycles. The van der Waals surface area contributed by atoms with Crippen LogP contribution in [-0.2, 0) is 7.05 Å². The minimum absolute atomic E-state index is 0.998. The van der Waals surface area contributed by atoms with E-state index in [2.05, 4.69) is 126 Å². The third kappa shape index (κ3) is 2.96. The first-order valence-electron chi connectivity index (χ1n) is 12.5. The SMILES string of the molecule is Cc1cc2c(s1)c1ccccc1c1cc(-c3ccc(-c4ccc5c(c4)c4ccccc4n5C)cc3)nn12. The van der Waals surface area contributed by atoms with E-state index in [0.717, 1.165) is 16.8 Å². The van der Waals surface area contributed by atoms with E-state index in [4.69, 9.17) is 5.10 Å². The fourth-order valence-electron chi connectivity index (χ4n) is 5.83. The lowest BCUT2D eigenvalue weighted by Crippen LogP contribution is -1.90. The summed E-state index contributed by atoms with van der Waals surface area (Å²) in [6.07, 6.45) is 0. The van der Waals surface area contributed by atoms with E-state index in [1.807, 2.05) is 11.3 Å². The van der Waals surface area contributed by atoms with Gasteiger partial charge >= 0.3 is 0 Å². The monoisotopic (exact) mass is 493 g/mol. The Hall–Kier alpha value is -4.41. The number of pyridine rings is 1. The molecule has 4 aromatic carbocycles. The third-order valence-electron chi connectivity index (χ3n) is 7.65. The van der Waals surface area contributed by atoms with Gasteiger partial charge in [0.05, 0.1) is 21.4 Å². The fraction of sp³-hybridized carbons (Fsp3) is 0.0606. The number of nitrogens with zero attached hydrogens (tertiary/aromatic N) is 3. The van der Waals surface area contributed by atoms with Crippen molar-refractivity contribution in [2.24, 2.45) is 7.05 Å². The number of thiophene rings is 1. The van der Waals surface area contributed by atoms with E-state index in [9.17, 15) is 0 Å². The van der Waals surface area contributed by atoms with Crippen LogP contribution >= 0.6 is 11.3 Å². The molecule has 0 amide bonds. The van der Waals surface area contributed by atoms with Crippen molar-refractivity contribution in [2.75, 3.05) is 0 Å². The maximum absolute atomic E-state index is 5.08. The molecule has 8 aromatic rings. The summed E-state index contributed by atoms with van der Waals surface area (Å²) in [5.74, 6) is 0. The first kappa shape index (κ1) is 20.7. The van der Waals surface area contributed by atoms with E-state index in [-0.39, 0.29) is 0 Å². The molecule has 0 spiro atoms. The molecule has 0 atom stereocenters. The minimum Gasteiger partial charge on any atom is -0.344 e. The number of rotatable bonds is 2. The zero-order valence-electron chi connectivity index (χ0n) is 20.6. The number of benzene rings is 4. The molecule has 0 bridgehead atoms. The molecule has 0 fully saturated rings. The second kappa shape index (κ2) is 7.55. The molecule has 4 heteroatoms. The van der Waals surface area contributed by atoms with Crippen LogP contribution in [-0.4, -0.2) is 14.2 Å². The van der Waals surface area contributed by atoms with E-state index in [1.54, 1.807) is 0 Å². The van der Waals surface area contributed by atoms with Crippen LogP contribution < -0.4 is 0 Å². The Kier molecular flexibility index (Phi) is 4.23. The van der Waals surface area contributed by atoms with Gasteiger partial charge in [0.15, 0.2) is 0 Å².